The Balaban J connectivity index is 2.41. The molecule has 0 aliphatic carbocycles. The highest BCUT2D eigenvalue weighted by atomic mass is 33.1. The maximum absolute atomic E-state index is 5.85. The van der Waals surface area contributed by atoms with Crippen LogP contribution in [0.3, 0.4) is 0 Å². The molecule has 4 heteroatoms. The summed E-state index contributed by atoms with van der Waals surface area (Å²) in [6, 6.07) is 0. The Morgan fingerprint density at radius 2 is 1.71 bits per heavy atom. The topological polar surface area (TPSA) is 18.5 Å². The third kappa shape index (κ3) is 4.43. The Morgan fingerprint density at radius 3 is 2.29 bits per heavy atom. The summed E-state index contributed by atoms with van der Waals surface area (Å²) in [5, 5.41) is 0. The minimum Gasteiger partial charge on any atom is -0.372 e. The zero-order chi connectivity index (χ0) is 10.6. The van der Waals surface area contributed by atoms with E-state index in [0.29, 0.717) is 6.10 Å². The summed E-state index contributed by atoms with van der Waals surface area (Å²) in [4.78, 5) is 0. The van der Waals surface area contributed by atoms with Crippen molar-refractivity contribution in [2.45, 2.75) is 57.9 Å². The molecule has 0 aromatic carbocycles. The fourth-order valence-corrected chi connectivity index (χ4v) is 3.98. The molecule has 0 amide bonds. The van der Waals surface area contributed by atoms with E-state index in [9.17, 15) is 0 Å². The Kier molecular flexibility index (Phi) is 5.67. The van der Waals surface area contributed by atoms with Crippen molar-refractivity contribution < 1.29 is 9.47 Å². The molecule has 0 spiro atoms. The van der Waals surface area contributed by atoms with E-state index in [1.165, 1.54) is 5.75 Å². The van der Waals surface area contributed by atoms with Crippen LogP contribution in [0.1, 0.15) is 34.1 Å². The van der Waals surface area contributed by atoms with Crippen molar-refractivity contribution in [2.75, 3.05) is 5.75 Å². The highest BCUT2D eigenvalue weighted by Gasteiger charge is 2.29. The molecule has 2 nitrogen and oxygen atoms in total. The van der Waals surface area contributed by atoms with Gasteiger partial charge in [-0.15, -0.1) is 0 Å². The van der Waals surface area contributed by atoms with Gasteiger partial charge in [0, 0.05) is 5.75 Å². The van der Waals surface area contributed by atoms with E-state index in [1.807, 2.05) is 21.6 Å². The standard InChI is InChI=1S/C10H20O2S2/c1-7(2)11-9-5-6-13-14-10(9)12-8(3)4/h7-10H,5-6H2,1-4H3. The predicted octanol–water partition coefficient (Wildman–Crippen LogP) is 3.32. The van der Waals surface area contributed by atoms with E-state index in [0.717, 1.165) is 6.42 Å². The lowest BCUT2D eigenvalue weighted by Crippen LogP contribution is -2.35. The van der Waals surface area contributed by atoms with Crippen molar-refractivity contribution >= 4 is 21.6 Å². The summed E-state index contributed by atoms with van der Waals surface area (Å²) in [5.74, 6) is 1.17. The lowest BCUT2D eigenvalue weighted by Gasteiger charge is -2.32. The SMILES string of the molecule is CC(C)OC1CCSSC1OC(C)C. The fraction of sp³-hybridized carbons (Fsp3) is 1.00. The zero-order valence-electron chi connectivity index (χ0n) is 9.36. The van der Waals surface area contributed by atoms with Crippen LogP contribution in [0.15, 0.2) is 0 Å². The molecule has 84 valence electrons. The summed E-state index contributed by atoms with van der Waals surface area (Å²) in [7, 11) is 3.70. The number of hydrogen-bond donors (Lipinski definition) is 0. The van der Waals surface area contributed by atoms with E-state index in [-0.39, 0.29) is 17.6 Å². The monoisotopic (exact) mass is 236 g/mol. The van der Waals surface area contributed by atoms with Gasteiger partial charge in [0.2, 0.25) is 0 Å². The van der Waals surface area contributed by atoms with Crippen LogP contribution in [0.4, 0.5) is 0 Å². The molecule has 1 heterocycles. The van der Waals surface area contributed by atoms with Crippen LogP contribution in [0, 0.1) is 0 Å². The average molecular weight is 236 g/mol. The highest BCUT2D eigenvalue weighted by molar-refractivity contribution is 8.77. The first kappa shape index (κ1) is 12.7. The lowest BCUT2D eigenvalue weighted by molar-refractivity contribution is -0.0743. The van der Waals surface area contributed by atoms with Gasteiger partial charge in [0.25, 0.3) is 0 Å². The third-order valence-corrected chi connectivity index (χ3v) is 4.43. The first-order valence-corrected chi connectivity index (χ1v) is 7.57. The maximum Gasteiger partial charge on any atom is 0.139 e. The summed E-state index contributed by atoms with van der Waals surface area (Å²) in [6.07, 6.45) is 1.95. The van der Waals surface area contributed by atoms with Crippen LogP contribution in [-0.4, -0.2) is 29.5 Å². The van der Waals surface area contributed by atoms with Crippen molar-refractivity contribution in [2.24, 2.45) is 0 Å². The van der Waals surface area contributed by atoms with E-state index >= 15 is 0 Å². The molecule has 0 radical (unpaired) electrons. The molecule has 1 rings (SSSR count). The molecule has 0 bridgehead atoms. The fourth-order valence-electron chi connectivity index (χ4n) is 1.34. The molecule has 0 aromatic rings. The molecule has 14 heavy (non-hydrogen) atoms. The number of rotatable bonds is 4. The number of hydrogen-bond acceptors (Lipinski definition) is 4. The summed E-state index contributed by atoms with van der Waals surface area (Å²) < 4.78 is 11.7. The van der Waals surface area contributed by atoms with Gasteiger partial charge in [-0.25, -0.2) is 0 Å². The Hall–Kier alpha value is 0.620. The molecule has 2 unspecified atom stereocenters. The van der Waals surface area contributed by atoms with Crippen molar-refractivity contribution in [3.05, 3.63) is 0 Å². The highest BCUT2D eigenvalue weighted by Crippen LogP contribution is 2.38. The van der Waals surface area contributed by atoms with Crippen LogP contribution in [0.2, 0.25) is 0 Å². The maximum atomic E-state index is 5.85. The van der Waals surface area contributed by atoms with Crippen LogP contribution in [0.25, 0.3) is 0 Å². The molecule has 0 saturated carbocycles. The normalized spacial score (nSPS) is 28.7. The second-order valence-corrected chi connectivity index (χ2v) is 6.57. The summed E-state index contributed by atoms with van der Waals surface area (Å²) >= 11 is 0. The van der Waals surface area contributed by atoms with E-state index in [2.05, 4.69) is 27.7 Å². The van der Waals surface area contributed by atoms with Gasteiger partial charge in [-0.2, -0.15) is 0 Å². The molecule has 1 aliphatic heterocycles. The molecule has 1 aliphatic rings. The lowest BCUT2D eigenvalue weighted by atomic mass is 10.2. The van der Waals surface area contributed by atoms with Crippen molar-refractivity contribution in [3.63, 3.8) is 0 Å². The minimum atomic E-state index is 0.205. The Bertz CT molecular complexity index is 144. The van der Waals surface area contributed by atoms with E-state index in [4.69, 9.17) is 9.47 Å². The summed E-state index contributed by atoms with van der Waals surface area (Å²) in [6.45, 7) is 8.32. The third-order valence-electron chi connectivity index (χ3n) is 1.81. The van der Waals surface area contributed by atoms with Crippen LogP contribution >= 0.6 is 21.6 Å². The van der Waals surface area contributed by atoms with Gasteiger partial charge in [-0.1, -0.05) is 21.6 Å². The smallest absolute Gasteiger partial charge is 0.139 e. The predicted molar refractivity (Wildman–Crippen MR) is 64.7 cm³/mol. The molecule has 0 N–H and O–H groups in total. The first-order chi connectivity index (χ1) is 6.59. The molecule has 1 saturated heterocycles. The van der Waals surface area contributed by atoms with Gasteiger partial charge in [0.15, 0.2) is 0 Å². The molecular formula is C10H20O2S2. The molecule has 1 fully saturated rings. The molecule has 0 aromatic heterocycles. The van der Waals surface area contributed by atoms with Gasteiger partial charge in [0.05, 0.1) is 18.3 Å². The van der Waals surface area contributed by atoms with Gasteiger partial charge in [-0.3, -0.25) is 0 Å². The molecular weight excluding hydrogens is 216 g/mol. The van der Waals surface area contributed by atoms with Gasteiger partial charge >= 0.3 is 0 Å². The van der Waals surface area contributed by atoms with Gasteiger partial charge in [0.1, 0.15) is 5.44 Å². The Labute approximate surface area is 94.9 Å². The van der Waals surface area contributed by atoms with E-state index < -0.39 is 0 Å². The van der Waals surface area contributed by atoms with Crippen molar-refractivity contribution in [1.82, 2.24) is 0 Å². The first-order valence-electron chi connectivity index (χ1n) is 5.18. The number of ether oxygens (including phenoxy) is 2. The van der Waals surface area contributed by atoms with Gasteiger partial charge < -0.3 is 9.47 Å². The quantitative estimate of drug-likeness (QED) is 0.697. The van der Waals surface area contributed by atoms with Crippen molar-refractivity contribution in [1.29, 1.82) is 0 Å². The Morgan fingerprint density at radius 1 is 1.07 bits per heavy atom. The second-order valence-electron chi connectivity index (χ2n) is 3.98. The molecule has 2 atom stereocenters. The van der Waals surface area contributed by atoms with Gasteiger partial charge in [-0.05, 0) is 34.1 Å². The summed E-state index contributed by atoms with van der Waals surface area (Å²) in [5.41, 5.74) is 0.205. The van der Waals surface area contributed by atoms with Crippen LogP contribution in [-0.2, 0) is 9.47 Å². The zero-order valence-corrected chi connectivity index (χ0v) is 11.0. The van der Waals surface area contributed by atoms with E-state index in [1.54, 1.807) is 0 Å². The van der Waals surface area contributed by atoms with Crippen LogP contribution in [0.5, 0.6) is 0 Å². The van der Waals surface area contributed by atoms with Crippen molar-refractivity contribution in [3.8, 4) is 0 Å². The van der Waals surface area contributed by atoms with Crippen LogP contribution < -0.4 is 0 Å². The second kappa shape index (κ2) is 6.26. The minimum absolute atomic E-state index is 0.205. The average Bonchev–Trinajstić information content (AvgIpc) is 2.06. The largest absolute Gasteiger partial charge is 0.372 e.